The zero-order valence-electron chi connectivity index (χ0n) is 19.8. The number of aryl methyl sites for hydroxylation is 1. The summed E-state index contributed by atoms with van der Waals surface area (Å²) < 4.78 is 24.6. The molecule has 34 heavy (non-hydrogen) atoms. The summed E-state index contributed by atoms with van der Waals surface area (Å²) in [6, 6.07) is 18.7. The summed E-state index contributed by atoms with van der Waals surface area (Å²) in [4.78, 5) is 17.1. The molecule has 0 atom stereocenters. The lowest BCUT2D eigenvalue weighted by molar-refractivity contribution is -0.130. The molecule has 1 aliphatic rings. The molecule has 0 unspecified atom stereocenters. The Kier molecular flexibility index (Phi) is 6.97. The average molecular weight is 479 g/mol. The van der Waals surface area contributed by atoms with Crippen LogP contribution in [0.2, 0.25) is 0 Å². The molecule has 178 valence electrons. The topological polar surface area (TPSA) is 83.5 Å². The van der Waals surface area contributed by atoms with Crippen molar-refractivity contribution in [1.29, 1.82) is 0 Å². The summed E-state index contributed by atoms with van der Waals surface area (Å²) in [5.41, 5.74) is 3.90. The molecule has 1 aliphatic heterocycles. The summed E-state index contributed by atoms with van der Waals surface area (Å²) in [6.07, 6.45) is 0.257. The Hall–Kier alpha value is -3.26. The molecule has 7 nitrogen and oxygen atoms in total. The van der Waals surface area contributed by atoms with E-state index in [0.29, 0.717) is 31.1 Å². The van der Waals surface area contributed by atoms with Crippen LogP contribution in [0.5, 0.6) is 0 Å². The van der Waals surface area contributed by atoms with E-state index >= 15 is 0 Å². The number of aromatic nitrogens is 2. The number of carbonyl (C=O) groups excluding carboxylic acids is 1. The second kappa shape index (κ2) is 9.93. The second-order valence-electron chi connectivity index (χ2n) is 8.87. The van der Waals surface area contributed by atoms with E-state index in [0.717, 1.165) is 28.2 Å². The highest BCUT2D eigenvalue weighted by Crippen LogP contribution is 2.22. The summed E-state index contributed by atoms with van der Waals surface area (Å²) in [5, 5.41) is 8.36. The molecule has 1 aromatic heterocycles. The second-order valence-corrected chi connectivity index (χ2v) is 11.4. The Morgan fingerprint density at radius 3 is 2.18 bits per heavy atom. The quantitative estimate of drug-likeness (QED) is 0.539. The van der Waals surface area contributed by atoms with Crippen molar-refractivity contribution < 1.29 is 13.2 Å². The van der Waals surface area contributed by atoms with Crippen molar-refractivity contribution in [2.45, 2.75) is 37.3 Å². The van der Waals surface area contributed by atoms with Crippen molar-refractivity contribution in [1.82, 2.24) is 15.1 Å². The van der Waals surface area contributed by atoms with E-state index in [9.17, 15) is 13.2 Å². The summed E-state index contributed by atoms with van der Waals surface area (Å²) in [6.45, 7) is 7.99. The lowest BCUT2D eigenvalue weighted by Gasteiger charge is -2.35. The summed E-state index contributed by atoms with van der Waals surface area (Å²) >= 11 is 0. The minimum atomic E-state index is -3.31. The smallest absolute Gasteiger partial charge is 0.227 e. The highest BCUT2D eigenvalue weighted by Gasteiger charge is 2.23. The van der Waals surface area contributed by atoms with E-state index in [1.54, 1.807) is 38.1 Å². The van der Waals surface area contributed by atoms with Gasteiger partial charge in [0.1, 0.15) is 0 Å². The van der Waals surface area contributed by atoms with Gasteiger partial charge in [-0.3, -0.25) is 4.79 Å². The first-order chi connectivity index (χ1) is 16.3. The van der Waals surface area contributed by atoms with E-state index in [1.165, 1.54) is 0 Å². The SMILES string of the molecule is Cc1ccccc1-c1ccc(N2CCN(C(=O)Cc3ccc(S(=O)(=O)C(C)C)cc3)CC2)nn1. The van der Waals surface area contributed by atoms with Crippen LogP contribution >= 0.6 is 0 Å². The van der Waals surface area contributed by atoms with Crippen LogP contribution in [0.4, 0.5) is 5.82 Å². The first-order valence-electron chi connectivity index (χ1n) is 11.5. The van der Waals surface area contributed by atoms with Crippen molar-refractivity contribution in [2.75, 3.05) is 31.1 Å². The Labute approximate surface area is 201 Å². The normalized spacial score (nSPS) is 14.5. The van der Waals surface area contributed by atoms with Crippen LogP contribution in [0.1, 0.15) is 25.0 Å². The molecule has 2 heterocycles. The number of rotatable bonds is 6. The lowest BCUT2D eigenvalue weighted by atomic mass is 10.1. The molecule has 3 aromatic rings. The van der Waals surface area contributed by atoms with Crippen LogP contribution in [0, 0.1) is 6.92 Å². The Morgan fingerprint density at radius 2 is 1.59 bits per heavy atom. The fourth-order valence-electron chi connectivity index (χ4n) is 4.04. The third kappa shape index (κ3) is 5.12. The Bertz CT molecular complexity index is 1250. The molecule has 0 bridgehead atoms. The maximum atomic E-state index is 12.8. The van der Waals surface area contributed by atoms with E-state index < -0.39 is 15.1 Å². The molecule has 1 amide bonds. The van der Waals surface area contributed by atoms with Gasteiger partial charge in [0.2, 0.25) is 5.91 Å². The standard InChI is InChI=1S/C26H30N4O3S/c1-19(2)34(32,33)22-10-8-21(9-11-22)18-26(31)30-16-14-29(15-17-30)25-13-12-24(27-28-25)23-7-5-4-6-20(23)3/h4-13,19H,14-18H2,1-3H3. The first-order valence-corrected chi connectivity index (χ1v) is 13.1. The van der Waals surface area contributed by atoms with E-state index in [2.05, 4.69) is 28.1 Å². The van der Waals surface area contributed by atoms with Crippen LogP contribution in [-0.2, 0) is 21.1 Å². The van der Waals surface area contributed by atoms with Gasteiger partial charge in [0, 0.05) is 31.7 Å². The van der Waals surface area contributed by atoms with E-state index in [4.69, 9.17) is 0 Å². The van der Waals surface area contributed by atoms with Crippen molar-refractivity contribution >= 4 is 21.6 Å². The molecule has 0 radical (unpaired) electrons. The van der Waals surface area contributed by atoms with Gasteiger partial charge in [-0.1, -0.05) is 36.4 Å². The molecule has 0 saturated carbocycles. The number of carbonyl (C=O) groups is 1. The highest BCUT2D eigenvalue weighted by molar-refractivity contribution is 7.92. The van der Waals surface area contributed by atoms with Crippen molar-refractivity contribution in [3.05, 3.63) is 71.8 Å². The maximum absolute atomic E-state index is 12.8. The number of hydrogen-bond acceptors (Lipinski definition) is 6. The van der Waals surface area contributed by atoms with Crippen molar-refractivity contribution in [2.24, 2.45) is 0 Å². The molecular weight excluding hydrogens is 448 g/mol. The van der Waals surface area contributed by atoms with Crippen LogP contribution in [-0.4, -0.2) is 60.9 Å². The molecule has 0 N–H and O–H groups in total. The highest BCUT2D eigenvalue weighted by atomic mass is 32.2. The van der Waals surface area contributed by atoms with Gasteiger partial charge in [0.25, 0.3) is 0 Å². The molecule has 2 aromatic carbocycles. The van der Waals surface area contributed by atoms with Crippen molar-refractivity contribution in [3.8, 4) is 11.3 Å². The number of benzene rings is 2. The van der Waals surface area contributed by atoms with E-state index in [1.807, 2.05) is 35.2 Å². The fraction of sp³-hybridized carbons (Fsp3) is 0.346. The zero-order valence-corrected chi connectivity index (χ0v) is 20.6. The molecule has 1 saturated heterocycles. The number of nitrogens with zero attached hydrogens (tertiary/aromatic N) is 4. The molecule has 8 heteroatoms. The van der Waals surface area contributed by atoms with Gasteiger partial charge in [-0.25, -0.2) is 8.42 Å². The van der Waals surface area contributed by atoms with Gasteiger partial charge in [-0.2, -0.15) is 0 Å². The molecule has 0 aliphatic carbocycles. The number of anilines is 1. The summed E-state index contributed by atoms with van der Waals surface area (Å²) in [7, 11) is -3.31. The Morgan fingerprint density at radius 1 is 0.912 bits per heavy atom. The van der Waals surface area contributed by atoms with Crippen LogP contribution < -0.4 is 4.90 Å². The third-order valence-corrected chi connectivity index (χ3v) is 8.43. The maximum Gasteiger partial charge on any atom is 0.227 e. The monoisotopic (exact) mass is 478 g/mol. The molecule has 0 spiro atoms. The third-order valence-electron chi connectivity index (χ3n) is 6.26. The minimum Gasteiger partial charge on any atom is -0.352 e. The zero-order chi connectivity index (χ0) is 24.3. The molecule has 4 rings (SSSR count). The van der Waals surface area contributed by atoms with Gasteiger partial charge in [0.05, 0.1) is 22.3 Å². The molecular formula is C26H30N4O3S. The van der Waals surface area contributed by atoms with E-state index in [-0.39, 0.29) is 12.3 Å². The summed E-state index contributed by atoms with van der Waals surface area (Å²) in [5.74, 6) is 0.853. The van der Waals surface area contributed by atoms with Gasteiger partial charge >= 0.3 is 0 Å². The van der Waals surface area contributed by atoms with Crippen molar-refractivity contribution in [3.63, 3.8) is 0 Å². The van der Waals surface area contributed by atoms with Gasteiger partial charge in [-0.05, 0) is 56.2 Å². The minimum absolute atomic E-state index is 0.0418. The number of piperazine rings is 1. The molecule has 1 fully saturated rings. The number of sulfone groups is 1. The van der Waals surface area contributed by atoms with Crippen LogP contribution in [0.15, 0.2) is 65.6 Å². The van der Waals surface area contributed by atoms with Crippen LogP contribution in [0.3, 0.4) is 0 Å². The van der Waals surface area contributed by atoms with Gasteiger partial charge in [-0.15, -0.1) is 10.2 Å². The predicted molar refractivity (Wildman–Crippen MR) is 133 cm³/mol. The van der Waals surface area contributed by atoms with Gasteiger partial charge < -0.3 is 9.80 Å². The van der Waals surface area contributed by atoms with Gasteiger partial charge in [0.15, 0.2) is 15.7 Å². The fourth-order valence-corrected chi connectivity index (χ4v) is 5.10. The van der Waals surface area contributed by atoms with Crippen LogP contribution in [0.25, 0.3) is 11.3 Å². The largest absolute Gasteiger partial charge is 0.352 e. The average Bonchev–Trinajstić information content (AvgIpc) is 2.85. The number of hydrogen-bond donors (Lipinski definition) is 0. The Balaban J connectivity index is 1.33. The number of amides is 1. The first kappa shape index (κ1) is 23.9. The predicted octanol–water partition coefficient (Wildman–Crippen LogP) is 3.53. The lowest BCUT2D eigenvalue weighted by Crippen LogP contribution is -2.49.